The summed E-state index contributed by atoms with van der Waals surface area (Å²) >= 11 is 1.93. The Morgan fingerprint density at radius 3 is 2.73 bits per heavy atom. The lowest BCUT2D eigenvalue weighted by Gasteiger charge is -2.36. The minimum atomic E-state index is 0. The third-order valence-electron chi connectivity index (χ3n) is 4.82. The maximum absolute atomic E-state index is 5.51. The standard InChI is InChI=1S/C19H26N4OS.HI/c1-20-18(23-14-19(25-2)8-11-24-12-9-19)22-13-15-7-10-21-17-6-4-3-5-16(15)17;/h3-7,10H,8-9,11-14H2,1-2H3,(H2,20,22,23);1H. The van der Waals surface area contributed by atoms with Gasteiger partial charge in [-0.25, -0.2) is 0 Å². The zero-order chi connectivity index (χ0) is 17.5. The van der Waals surface area contributed by atoms with Crippen molar-refractivity contribution in [1.82, 2.24) is 15.6 Å². The fraction of sp³-hybridized carbons (Fsp3) is 0.474. The number of aliphatic imine (C=N–C) groups is 1. The number of guanidine groups is 1. The molecule has 0 radical (unpaired) electrons. The van der Waals surface area contributed by atoms with Crippen molar-refractivity contribution in [2.45, 2.75) is 24.1 Å². The summed E-state index contributed by atoms with van der Waals surface area (Å²) in [6, 6.07) is 10.3. The molecule has 0 spiro atoms. The van der Waals surface area contributed by atoms with Crippen LogP contribution in [-0.4, -0.2) is 48.8 Å². The molecule has 142 valence electrons. The fourth-order valence-electron chi connectivity index (χ4n) is 3.15. The van der Waals surface area contributed by atoms with Crippen molar-refractivity contribution >= 4 is 52.6 Å². The van der Waals surface area contributed by atoms with Crippen LogP contribution in [-0.2, 0) is 11.3 Å². The Kier molecular flexibility index (Phi) is 8.43. The Hall–Kier alpha value is -1.06. The van der Waals surface area contributed by atoms with Crippen LogP contribution in [0.4, 0.5) is 0 Å². The van der Waals surface area contributed by atoms with Gasteiger partial charge in [-0.15, -0.1) is 24.0 Å². The molecule has 0 amide bonds. The number of hydrogen-bond donors (Lipinski definition) is 2. The highest BCUT2D eigenvalue weighted by atomic mass is 127. The summed E-state index contributed by atoms with van der Waals surface area (Å²) in [5.74, 6) is 0.834. The highest BCUT2D eigenvalue weighted by molar-refractivity contribution is 14.0. The first-order valence-corrected chi connectivity index (χ1v) is 9.89. The van der Waals surface area contributed by atoms with Crippen molar-refractivity contribution < 1.29 is 4.74 Å². The van der Waals surface area contributed by atoms with Gasteiger partial charge in [-0.2, -0.15) is 11.8 Å². The average molecular weight is 486 g/mol. The second-order valence-corrected chi connectivity index (χ2v) is 7.54. The summed E-state index contributed by atoms with van der Waals surface area (Å²) in [5.41, 5.74) is 2.24. The number of aromatic nitrogens is 1. The van der Waals surface area contributed by atoms with Crippen molar-refractivity contribution in [1.29, 1.82) is 0 Å². The molecule has 0 aliphatic carbocycles. The monoisotopic (exact) mass is 486 g/mol. The first-order valence-electron chi connectivity index (χ1n) is 8.66. The van der Waals surface area contributed by atoms with Gasteiger partial charge in [0.05, 0.1) is 5.52 Å². The maximum atomic E-state index is 5.51. The highest BCUT2D eigenvalue weighted by Crippen LogP contribution is 2.32. The van der Waals surface area contributed by atoms with E-state index in [0.717, 1.165) is 50.6 Å². The molecule has 7 heteroatoms. The van der Waals surface area contributed by atoms with Crippen molar-refractivity contribution in [3.63, 3.8) is 0 Å². The largest absolute Gasteiger partial charge is 0.381 e. The first kappa shape index (κ1) is 21.2. The SMILES string of the molecule is CN=C(NCc1ccnc2ccccc12)NCC1(SC)CCOCC1.I. The molecule has 0 saturated carbocycles. The summed E-state index contributed by atoms with van der Waals surface area (Å²) < 4.78 is 5.75. The molecular formula is C19H27IN4OS. The van der Waals surface area contributed by atoms with Crippen molar-refractivity contribution in [3.8, 4) is 0 Å². The van der Waals surface area contributed by atoms with E-state index in [1.54, 1.807) is 0 Å². The summed E-state index contributed by atoms with van der Waals surface area (Å²) in [7, 11) is 1.82. The number of fused-ring (bicyclic) bond motifs is 1. The number of benzene rings is 1. The highest BCUT2D eigenvalue weighted by Gasteiger charge is 2.31. The van der Waals surface area contributed by atoms with Gasteiger partial charge < -0.3 is 15.4 Å². The Balaban J connectivity index is 0.00000243. The van der Waals surface area contributed by atoms with Gasteiger partial charge in [-0.3, -0.25) is 9.98 Å². The zero-order valence-corrected chi connectivity index (χ0v) is 18.5. The van der Waals surface area contributed by atoms with Crippen LogP contribution in [0.2, 0.25) is 0 Å². The van der Waals surface area contributed by atoms with Gasteiger partial charge in [0.25, 0.3) is 0 Å². The topological polar surface area (TPSA) is 58.5 Å². The van der Waals surface area contributed by atoms with E-state index < -0.39 is 0 Å². The lowest BCUT2D eigenvalue weighted by atomic mass is 9.99. The summed E-state index contributed by atoms with van der Waals surface area (Å²) in [5, 5.41) is 8.10. The van der Waals surface area contributed by atoms with Crippen molar-refractivity contribution in [2.24, 2.45) is 4.99 Å². The molecule has 2 aromatic rings. The molecule has 1 aromatic carbocycles. The molecule has 3 rings (SSSR count). The van der Waals surface area contributed by atoms with E-state index in [2.05, 4.69) is 39.0 Å². The van der Waals surface area contributed by atoms with E-state index in [9.17, 15) is 0 Å². The number of para-hydroxylation sites is 1. The second kappa shape index (κ2) is 10.3. The van der Waals surface area contributed by atoms with Gasteiger partial charge in [-0.1, -0.05) is 18.2 Å². The van der Waals surface area contributed by atoms with Crippen LogP contribution in [0.5, 0.6) is 0 Å². The molecule has 0 bridgehead atoms. The number of ether oxygens (including phenoxy) is 1. The number of rotatable bonds is 5. The molecule has 1 saturated heterocycles. The smallest absolute Gasteiger partial charge is 0.191 e. The van der Waals surface area contributed by atoms with Gasteiger partial charge in [0, 0.05) is 49.7 Å². The molecule has 2 N–H and O–H groups in total. The Morgan fingerprint density at radius 2 is 2.00 bits per heavy atom. The Labute approximate surface area is 176 Å². The van der Waals surface area contributed by atoms with E-state index >= 15 is 0 Å². The first-order chi connectivity index (χ1) is 12.3. The number of nitrogens with zero attached hydrogens (tertiary/aromatic N) is 2. The maximum Gasteiger partial charge on any atom is 0.191 e. The van der Waals surface area contributed by atoms with Crippen LogP contribution in [0.25, 0.3) is 10.9 Å². The molecule has 0 unspecified atom stereocenters. The molecular weight excluding hydrogens is 459 g/mol. The lowest BCUT2D eigenvalue weighted by Crippen LogP contribution is -2.47. The quantitative estimate of drug-likeness (QED) is 0.386. The number of hydrogen-bond acceptors (Lipinski definition) is 4. The van der Waals surface area contributed by atoms with Crippen molar-refractivity contribution in [3.05, 3.63) is 42.1 Å². The molecule has 26 heavy (non-hydrogen) atoms. The van der Waals surface area contributed by atoms with E-state index in [0.29, 0.717) is 0 Å². The van der Waals surface area contributed by atoms with Gasteiger partial charge >= 0.3 is 0 Å². The number of thioether (sulfide) groups is 1. The normalized spacial score (nSPS) is 16.8. The Morgan fingerprint density at radius 1 is 1.23 bits per heavy atom. The summed E-state index contributed by atoms with van der Waals surface area (Å²) in [4.78, 5) is 8.79. The lowest BCUT2D eigenvalue weighted by molar-refractivity contribution is 0.0783. The molecule has 1 aliphatic rings. The van der Waals surface area contributed by atoms with E-state index in [1.165, 1.54) is 10.9 Å². The summed E-state index contributed by atoms with van der Waals surface area (Å²) in [6.07, 6.45) is 6.20. The molecule has 5 nitrogen and oxygen atoms in total. The second-order valence-electron chi connectivity index (χ2n) is 6.27. The fourth-order valence-corrected chi connectivity index (χ4v) is 3.94. The van der Waals surface area contributed by atoms with Crippen LogP contribution in [0.3, 0.4) is 0 Å². The molecule has 2 heterocycles. The average Bonchev–Trinajstić information content (AvgIpc) is 2.69. The minimum absolute atomic E-state index is 0. The van der Waals surface area contributed by atoms with E-state index in [1.807, 2.05) is 43.2 Å². The molecule has 1 aliphatic heterocycles. The molecule has 1 fully saturated rings. The minimum Gasteiger partial charge on any atom is -0.381 e. The zero-order valence-electron chi connectivity index (χ0n) is 15.3. The van der Waals surface area contributed by atoms with Gasteiger partial charge in [-0.05, 0) is 36.8 Å². The van der Waals surface area contributed by atoms with Gasteiger partial charge in [0.1, 0.15) is 0 Å². The van der Waals surface area contributed by atoms with E-state index in [4.69, 9.17) is 4.74 Å². The van der Waals surface area contributed by atoms with E-state index in [-0.39, 0.29) is 28.7 Å². The van der Waals surface area contributed by atoms with Crippen LogP contribution < -0.4 is 10.6 Å². The molecule has 0 atom stereocenters. The summed E-state index contributed by atoms with van der Waals surface area (Å²) in [6.45, 7) is 3.31. The van der Waals surface area contributed by atoms with Gasteiger partial charge in [0.15, 0.2) is 5.96 Å². The van der Waals surface area contributed by atoms with Crippen molar-refractivity contribution in [2.75, 3.05) is 33.1 Å². The van der Waals surface area contributed by atoms with Crippen LogP contribution in [0.15, 0.2) is 41.5 Å². The third kappa shape index (κ3) is 5.23. The Bertz CT molecular complexity index is 729. The number of halogens is 1. The predicted molar refractivity (Wildman–Crippen MR) is 122 cm³/mol. The van der Waals surface area contributed by atoms with Gasteiger partial charge in [0.2, 0.25) is 0 Å². The number of pyridine rings is 1. The van der Waals surface area contributed by atoms with Crippen LogP contribution >= 0.6 is 35.7 Å². The predicted octanol–water partition coefficient (Wildman–Crippen LogP) is 3.43. The van der Waals surface area contributed by atoms with Crippen LogP contribution in [0, 0.1) is 0 Å². The third-order valence-corrected chi connectivity index (χ3v) is 6.24. The molecule has 1 aromatic heterocycles. The van der Waals surface area contributed by atoms with Crippen LogP contribution in [0.1, 0.15) is 18.4 Å². The number of nitrogens with one attached hydrogen (secondary N) is 2.